The highest BCUT2D eigenvalue weighted by Gasteiger charge is 2.19. The molecule has 84 valence electrons. The Morgan fingerprint density at radius 1 is 1.60 bits per heavy atom. The maximum atomic E-state index is 5.25. The van der Waals surface area contributed by atoms with Gasteiger partial charge < -0.3 is 9.84 Å². The normalized spacial score (nSPS) is 23.2. The van der Waals surface area contributed by atoms with E-state index in [1.807, 2.05) is 0 Å². The average molecular weight is 209 g/mol. The Hall–Kier alpha value is -0.900. The standard InChI is InChI=1S/C11H19N3O/c1-3-8(2)11-13-10(15-14-11)7-9-5-4-6-12-9/h8-9,12H,3-7H2,1-2H3. The Labute approximate surface area is 90.4 Å². The molecular weight excluding hydrogens is 190 g/mol. The first kappa shape index (κ1) is 10.6. The predicted molar refractivity (Wildman–Crippen MR) is 57.7 cm³/mol. The molecule has 1 N–H and O–H groups in total. The van der Waals surface area contributed by atoms with Crippen LogP contribution in [0.25, 0.3) is 0 Å². The van der Waals surface area contributed by atoms with E-state index in [2.05, 4.69) is 29.3 Å². The third-order valence-corrected chi connectivity index (χ3v) is 3.12. The minimum Gasteiger partial charge on any atom is -0.339 e. The molecule has 1 aliphatic heterocycles. The highest BCUT2D eigenvalue weighted by Crippen LogP contribution is 2.16. The van der Waals surface area contributed by atoms with Gasteiger partial charge in [0.15, 0.2) is 5.82 Å². The van der Waals surface area contributed by atoms with Crippen LogP contribution in [0, 0.1) is 0 Å². The Bertz CT molecular complexity index is 305. The van der Waals surface area contributed by atoms with Gasteiger partial charge in [-0.25, -0.2) is 0 Å². The van der Waals surface area contributed by atoms with Gasteiger partial charge in [0.1, 0.15) is 0 Å². The first-order valence-electron chi connectivity index (χ1n) is 5.85. The van der Waals surface area contributed by atoms with Crippen LogP contribution >= 0.6 is 0 Å². The second kappa shape index (κ2) is 4.75. The molecule has 0 bridgehead atoms. The minimum atomic E-state index is 0.402. The monoisotopic (exact) mass is 209 g/mol. The van der Waals surface area contributed by atoms with Crippen molar-refractivity contribution < 1.29 is 4.52 Å². The zero-order valence-electron chi connectivity index (χ0n) is 9.49. The molecule has 1 saturated heterocycles. The summed E-state index contributed by atoms with van der Waals surface area (Å²) >= 11 is 0. The summed E-state index contributed by atoms with van der Waals surface area (Å²) in [4.78, 5) is 4.43. The summed E-state index contributed by atoms with van der Waals surface area (Å²) in [5, 5.41) is 7.44. The fraction of sp³-hybridized carbons (Fsp3) is 0.818. The largest absolute Gasteiger partial charge is 0.339 e. The number of nitrogens with one attached hydrogen (secondary N) is 1. The van der Waals surface area contributed by atoms with Crippen LogP contribution in [-0.2, 0) is 6.42 Å². The van der Waals surface area contributed by atoms with Gasteiger partial charge in [-0.15, -0.1) is 0 Å². The quantitative estimate of drug-likeness (QED) is 0.822. The third-order valence-electron chi connectivity index (χ3n) is 3.12. The van der Waals surface area contributed by atoms with Crippen LogP contribution in [-0.4, -0.2) is 22.7 Å². The maximum Gasteiger partial charge on any atom is 0.228 e. The van der Waals surface area contributed by atoms with Gasteiger partial charge in [0, 0.05) is 18.4 Å². The summed E-state index contributed by atoms with van der Waals surface area (Å²) in [5.41, 5.74) is 0. The lowest BCUT2D eigenvalue weighted by Gasteiger charge is -2.04. The molecule has 0 amide bonds. The maximum absolute atomic E-state index is 5.25. The highest BCUT2D eigenvalue weighted by atomic mass is 16.5. The molecular formula is C11H19N3O. The Balaban J connectivity index is 1.94. The van der Waals surface area contributed by atoms with Crippen molar-refractivity contribution in [3.63, 3.8) is 0 Å². The van der Waals surface area contributed by atoms with E-state index in [9.17, 15) is 0 Å². The number of nitrogens with zero attached hydrogens (tertiary/aromatic N) is 2. The Morgan fingerprint density at radius 3 is 3.13 bits per heavy atom. The van der Waals surface area contributed by atoms with Crippen LogP contribution < -0.4 is 5.32 Å². The Kier molecular flexibility index (Phi) is 3.36. The van der Waals surface area contributed by atoms with E-state index in [0.717, 1.165) is 31.1 Å². The van der Waals surface area contributed by atoms with E-state index in [1.165, 1.54) is 12.8 Å². The number of aromatic nitrogens is 2. The van der Waals surface area contributed by atoms with Crippen LogP contribution in [0.15, 0.2) is 4.52 Å². The summed E-state index contributed by atoms with van der Waals surface area (Å²) in [7, 11) is 0. The SMILES string of the molecule is CCC(C)c1noc(CC2CCCN2)n1. The lowest BCUT2D eigenvalue weighted by Crippen LogP contribution is -2.23. The van der Waals surface area contributed by atoms with E-state index < -0.39 is 0 Å². The van der Waals surface area contributed by atoms with Crippen molar-refractivity contribution in [1.82, 2.24) is 15.5 Å². The molecule has 1 aliphatic rings. The van der Waals surface area contributed by atoms with Gasteiger partial charge in [-0.2, -0.15) is 4.98 Å². The molecule has 2 unspecified atom stereocenters. The van der Waals surface area contributed by atoms with Gasteiger partial charge in [0.05, 0.1) is 0 Å². The Morgan fingerprint density at radius 2 is 2.47 bits per heavy atom. The number of hydrogen-bond donors (Lipinski definition) is 1. The molecule has 0 aliphatic carbocycles. The molecule has 15 heavy (non-hydrogen) atoms. The smallest absolute Gasteiger partial charge is 0.228 e. The van der Waals surface area contributed by atoms with Crippen molar-refractivity contribution >= 4 is 0 Å². The average Bonchev–Trinajstić information content (AvgIpc) is 2.88. The molecule has 4 nitrogen and oxygen atoms in total. The van der Waals surface area contributed by atoms with E-state index in [0.29, 0.717) is 12.0 Å². The molecule has 2 heterocycles. The fourth-order valence-electron chi connectivity index (χ4n) is 1.88. The van der Waals surface area contributed by atoms with Crippen LogP contribution in [0.3, 0.4) is 0 Å². The van der Waals surface area contributed by atoms with Gasteiger partial charge >= 0.3 is 0 Å². The van der Waals surface area contributed by atoms with Crippen molar-refractivity contribution in [2.75, 3.05) is 6.54 Å². The van der Waals surface area contributed by atoms with E-state index in [-0.39, 0.29) is 0 Å². The summed E-state index contributed by atoms with van der Waals surface area (Å²) < 4.78 is 5.25. The second-order valence-corrected chi connectivity index (χ2v) is 4.35. The highest BCUT2D eigenvalue weighted by molar-refractivity contribution is 4.95. The van der Waals surface area contributed by atoms with Crippen molar-refractivity contribution in [3.8, 4) is 0 Å². The molecule has 2 rings (SSSR count). The molecule has 4 heteroatoms. The van der Waals surface area contributed by atoms with E-state index >= 15 is 0 Å². The summed E-state index contributed by atoms with van der Waals surface area (Å²) in [6.07, 6.45) is 4.42. The molecule has 1 fully saturated rings. The molecule has 0 spiro atoms. The minimum absolute atomic E-state index is 0.402. The van der Waals surface area contributed by atoms with Crippen LogP contribution in [0.2, 0.25) is 0 Å². The third kappa shape index (κ3) is 2.56. The van der Waals surface area contributed by atoms with Gasteiger partial charge in [0.2, 0.25) is 5.89 Å². The topological polar surface area (TPSA) is 51.0 Å². The van der Waals surface area contributed by atoms with Crippen molar-refractivity contribution in [2.24, 2.45) is 0 Å². The molecule has 0 saturated carbocycles. The summed E-state index contributed by atoms with van der Waals surface area (Å²) in [6, 6.07) is 0.537. The number of rotatable bonds is 4. The first-order chi connectivity index (χ1) is 7.29. The molecule has 1 aromatic heterocycles. The summed E-state index contributed by atoms with van der Waals surface area (Å²) in [6.45, 7) is 5.39. The second-order valence-electron chi connectivity index (χ2n) is 4.35. The first-order valence-corrected chi connectivity index (χ1v) is 5.85. The lowest BCUT2D eigenvalue weighted by molar-refractivity contribution is 0.357. The van der Waals surface area contributed by atoms with Crippen LogP contribution in [0.5, 0.6) is 0 Å². The van der Waals surface area contributed by atoms with Gasteiger partial charge in [0.25, 0.3) is 0 Å². The summed E-state index contributed by atoms with van der Waals surface area (Å²) in [5.74, 6) is 2.04. The van der Waals surface area contributed by atoms with Crippen molar-refractivity contribution in [1.29, 1.82) is 0 Å². The molecule has 2 atom stereocenters. The molecule has 0 aromatic carbocycles. The van der Waals surface area contributed by atoms with Crippen molar-refractivity contribution in [3.05, 3.63) is 11.7 Å². The van der Waals surface area contributed by atoms with E-state index in [1.54, 1.807) is 0 Å². The predicted octanol–water partition coefficient (Wildman–Crippen LogP) is 1.88. The zero-order valence-corrected chi connectivity index (χ0v) is 9.49. The van der Waals surface area contributed by atoms with Gasteiger partial charge in [-0.05, 0) is 25.8 Å². The zero-order chi connectivity index (χ0) is 10.7. The lowest BCUT2D eigenvalue weighted by atomic mass is 10.1. The van der Waals surface area contributed by atoms with Gasteiger partial charge in [-0.1, -0.05) is 19.0 Å². The van der Waals surface area contributed by atoms with Gasteiger partial charge in [-0.3, -0.25) is 0 Å². The fourth-order valence-corrected chi connectivity index (χ4v) is 1.88. The van der Waals surface area contributed by atoms with Crippen molar-refractivity contribution in [2.45, 2.75) is 51.5 Å². The number of hydrogen-bond acceptors (Lipinski definition) is 4. The molecule has 1 aromatic rings. The molecule has 0 radical (unpaired) electrons. The van der Waals surface area contributed by atoms with E-state index in [4.69, 9.17) is 4.52 Å². The van der Waals surface area contributed by atoms with Crippen LogP contribution in [0.1, 0.15) is 50.7 Å². The van der Waals surface area contributed by atoms with Crippen LogP contribution in [0.4, 0.5) is 0 Å².